The molecule has 1 aliphatic heterocycles. The summed E-state index contributed by atoms with van der Waals surface area (Å²) in [4.78, 5) is 14.5. The molecule has 1 aromatic carbocycles. The molecule has 1 aliphatic rings. The van der Waals surface area contributed by atoms with E-state index in [-0.39, 0.29) is 11.9 Å². The zero-order valence-electron chi connectivity index (χ0n) is 12.2. The Morgan fingerprint density at radius 1 is 1.45 bits per heavy atom. The molecule has 1 amide bonds. The van der Waals surface area contributed by atoms with E-state index in [9.17, 15) is 4.79 Å². The normalized spacial score (nSPS) is 21.4. The van der Waals surface area contributed by atoms with E-state index in [0.29, 0.717) is 6.42 Å². The summed E-state index contributed by atoms with van der Waals surface area (Å²) in [6, 6.07) is 9.71. The molecule has 0 saturated carbocycles. The molecule has 20 heavy (non-hydrogen) atoms. The minimum absolute atomic E-state index is 0.0307. The van der Waals surface area contributed by atoms with Gasteiger partial charge >= 0.3 is 0 Å². The van der Waals surface area contributed by atoms with Crippen LogP contribution in [0.5, 0.6) is 0 Å². The van der Waals surface area contributed by atoms with Gasteiger partial charge < -0.3 is 16.0 Å². The number of carbonyl (C=O) groups is 1. The zero-order valence-corrected chi connectivity index (χ0v) is 12.2. The summed E-state index contributed by atoms with van der Waals surface area (Å²) < 4.78 is 0. The van der Waals surface area contributed by atoms with Crippen molar-refractivity contribution in [2.75, 3.05) is 19.6 Å². The van der Waals surface area contributed by atoms with Gasteiger partial charge in [0.05, 0.1) is 6.04 Å². The molecule has 1 saturated heterocycles. The Labute approximate surface area is 121 Å². The Kier molecular flexibility index (Phi) is 5.56. The van der Waals surface area contributed by atoms with Crippen molar-refractivity contribution in [1.29, 1.82) is 0 Å². The molecule has 1 aromatic rings. The third-order valence-electron chi connectivity index (χ3n) is 3.93. The monoisotopic (exact) mass is 275 g/mol. The van der Waals surface area contributed by atoms with Crippen LogP contribution in [0.3, 0.4) is 0 Å². The number of benzene rings is 1. The van der Waals surface area contributed by atoms with Crippen molar-refractivity contribution in [3.63, 3.8) is 0 Å². The van der Waals surface area contributed by atoms with Gasteiger partial charge in [0.1, 0.15) is 0 Å². The van der Waals surface area contributed by atoms with Crippen LogP contribution in [0.4, 0.5) is 0 Å². The van der Waals surface area contributed by atoms with Crippen LogP contribution in [0.2, 0.25) is 0 Å². The minimum atomic E-state index is -0.464. The molecule has 110 valence electrons. The largest absolute Gasteiger partial charge is 0.351 e. The van der Waals surface area contributed by atoms with Gasteiger partial charge in [-0.05, 0) is 37.9 Å². The van der Waals surface area contributed by atoms with E-state index in [4.69, 9.17) is 5.73 Å². The summed E-state index contributed by atoms with van der Waals surface area (Å²) in [7, 11) is 0. The maximum absolute atomic E-state index is 12.2. The van der Waals surface area contributed by atoms with Crippen molar-refractivity contribution >= 4 is 5.91 Å². The summed E-state index contributed by atoms with van der Waals surface area (Å²) in [6.07, 6.45) is 2.80. The quantitative estimate of drug-likeness (QED) is 0.848. The maximum atomic E-state index is 12.2. The van der Waals surface area contributed by atoms with E-state index in [1.165, 1.54) is 0 Å². The van der Waals surface area contributed by atoms with Crippen molar-refractivity contribution in [2.45, 2.75) is 38.3 Å². The van der Waals surface area contributed by atoms with Crippen LogP contribution >= 0.6 is 0 Å². The van der Waals surface area contributed by atoms with E-state index in [1.807, 2.05) is 30.3 Å². The number of hydrogen-bond acceptors (Lipinski definition) is 3. The Morgan fingerprint density at radius 2 is 2.20 bits per heavy atom. The SMILES string of the molecule is CCN1CCCC(NC(=O)[C@@H](N)Cc2ccccc2)C1. The Balaban J connectivity index is 1.81. The molecule has 4 heteroatoms. The van der Waals surface area contributed by atoms with Gasteiger partial charge in [0, 0.05) is 12.6 Å². The smallest absolute Gasteiger partial charge is 0.237 e. The number of hydrogen-bond donors (Lipinski definition) is 2. The molecular weight excluding hydrogens is 250 g/mol. The number of nitrogens with two attached hydrogens (primary N) is 1. The molecule has 2 rings (SSSR count). The Morgan fingerprint density at radius 3 is 2.90 bits per heavy atom. The molecule has 0 aliphatic carbocycles. The zero-order chi connectivity index (χ0) is 14.4. The third kappa shape index (κ3) is 4.32. The van der Waals surface area contributed by atoms with E-state index < -0.39 is 6.04 Å². The van der Waals surface area contributed by atoms with Crippen LogP contribution in [-0.2, 0) is 11.2 Å². The standard InChI is InChI=1S/C16H25N3O/c1-2-19-10-6-9-14(12-19)18-16(20)15(17)11-13-7-4-3-5-8-13/h3-5,7-8,14-15H,2,6,9-12,17H2,1H3,(H,18,20)/t14?,15-/m0/s1. The average molecular weight is 275 g/mol. The van der Waals surface area contributed by atoms with Crippen molar-refractivity contribution in [2.24, 2.45) is 5.73 Å². The molecule has 3 N–H and O–H groups in total. The number of nitrogens with one attached hydrogen (secondary N) is 1. The number of likely N-dealkylation sites (N-methyl/N-ethyl adjacent to an activating group) is 1. The first-order chi connectivity index (χ1) is 9.69. The summed E-state index contributed by atoms with van der Waals surface area (Å²) in [5.74, 6) is -0.0307. The molecule has 1 heterocycles. The predicted molar refractivity (Wildman–Crippen MR) is 81.4 cm³/mol. The fourth-order valence-corrected chi connectivity index (χ4v) is 2.73. The second kappa shape index (κ2) is 7.41. The van der Waals surface area contributed by atoms with Crippen molar-refractivity contribution in [3.8, 4) is 0 Å². The lowest BCUT2D eigenvalue weighted by atomic mass is 10.0. The first-order valence-corrected chi connectivity index (χ1v) is 7.51. The van der Waals surface area contributed by atoms with Gasteiger partial charge in [-0.2, -0.15) is 0 Å². The highest BCUT2D eigenvalue weighted by atomic mass is 16.2. The van der Waals surface area contributed by atoms with Gasteiger partial charge in [0.2, 0.25) is 5.91 Å². The van der Waals surface area contributed by atoms with Crippen molar-refractivity contribution in [1.82, 2.24) is 10.2 Å². The van der Waals surface area contributed by atoms with Crippen LogP contribution in [0.25, 0.3) is 0 Å². The van der Waals surface area contributed by atoms with Crippen LogP contribution in [-0.4, -0.2) is 42.5 Å². The fraction of sp³-hybridized carbons (Fsp3) is 0.562. The molecule has 0 aromatic heterocycles. The van der Waals surface area contributed by atoms with Gasteiger partial charge in [0.25, 0.3) is 0 Å². The van der Waals surface area contributed by atoms with Gasteiger partial charge in [-0.25, -0.2) is 0 Å². The molecular formula is C16H25N3O. The van der Waals surface area contributed by atoms with Crippen LogP contribution in [0.1, 0.15) is 25.3 Å². The van der Waals surface area contributed by atoms with E-state index in [2.05, 4.69) is 17.1 Å². The number of piperidine rings is 1. The molecule has 2 atom stereocenters. The number of amides is 1. The average Bonchev–Trinajstić information content (AvgIpc) is 2.48. The van der Waals surface area contributed by atoms with Gasteiger partial charge in [-0.1, -0.05) is 37.3 Å². The minimum Gasteiger partial charge on any atom is -0.351 e. The summed E-state index contributed by atoms with van der Waals surface area (Å²) in [6.45, 7) is 5.28. The predicted octanol–water partition coefficient (Wildman–Crippen LogP) is 1.16. The first kappa shape index (κ1) is 15.0. The Hall–Kier alpha value is -1.39. The number of rotatable bonds is 5. The highest BCUT2D eigenvalue weighted by molar-refractivity contribution is 5.82. The van der Waals surface area contributed by atoms with E-state index in [0.717, 1.165) is 38.0 Å². The number of likely N-dealkylation sites (tertiary alicyclic amines) is 1. The van der Waals surface area contributed by atoms with Crippen LogP contribution in [0.15, 0.2) is 30.3 Å². The molecule has 0 radical (unpaired) electrons. The third-order valence-corrected chi connectivity index (χ3v) is 3.93. The first-order valence-electron chi connectivity index (χ1n) is 7.51. The van der Waals surface area contributed by atoms with Gasteiger partial charge in [-0.3, -0.25) is 4.79 Å². The number of nitrogens with zero attached hydrogens (tertiary/aromatic N) is 1. The fourth-order valence-electron chi connectivity index (χ4n) is 2.73. The second-order valence-corrected chi connectivity index (χ2v) is 5.54. The lowest BCUT2D eigenvalue weighted by Gasteiger charge is -2.32. The molecule has 0 spiro atoms. The lowest BCUT2D eigenvalue weighted by Crippen LogP contribution is -2.52. The highest BCUT2D eigenvalue weighted by Gasteiger charge is 2.22. The van der Waals surface area contributed by atoms with Crippen LogP contribution in [0, 0.1) is 0 Å². The molecule has 1 fully saturated rings. The molecule has 1 unspecified atom stereocenters. The van der Waals surface area contributed by atoms with Gasteiger partial charge in [-0.15, -0.1) is 0 Å². The Bertz CT molecular complexity index is 421. The van der Waals surface area contributed by atoms with Crippen molar-refractivity contribution < 1.29 is 4.79 Å². The summed E-state index contributed by atoms with van der Waals surface area (Å²) in [5.41, 5.74) is 7.11. The van der Waals surface area contributed by atoms with E-state index in [1.54, 1.807) is 0 Å². The van der Waals surface area contributed by atoms with Crippen molar-refractivity contribution in [3.05, 3.63) is 35.9 Å². The summed E-state index contributed by atoms with van der Waals surface area (Å²) in [5, 5.41) is 3.10. The second-order valence-electron chi connectivity index (χ2n) is 5.54. The lowest BCUT2D eigenvalue weighted by molar-refractivity contribution is -0.123. The van der Waals surface area contributed by atoms with Crippen LogP contribution < -0.4 is 11.1 Å². The summed E-state index contributed by atoms with van der Waals surface area (Å²) >= 11 is 0. The molecule has 0 bridgehead atoms. The number of carbonyl (C=O) groups excluding carboxylic acids is 1. The maximum Gasteiger partial charge on any atom is 0.237 e. The molecule has 4 nitrogen and oxygen atoms in total. The van der Waals surface area contributed by atoms with Gasteiger partial charge in [0.15, 0.2) is 0 Å². The highest BCUT2D eigenvalue weighted by Crippen LogP contribution is 2.10. The topological polar surface area (TPSA) is 58.4 Å². The van der Waals surface area contributed by atoms with E-state index >= 15 is 0 Å².